The van der Waals surface area contributed by atoms with Gasteiger partial charge in [-0.3, -0.25) is 0 Å². The van der Waals surface area contributed by atoms with E-state index in [0.29, 0.717) is 12.2 Å². The van der Waals surface area contributed by atoms with Crippen molar-refractivity contribution in [1.29, 1.82) is 0 Å². The van der Waals surface area contributed by atoms with Crippen molar-refractivity contribution < 1.29 is 9.53 Å². The summed E-state index contributed by atoms with van der Waals surface area (Å²) in [4.78, 5) is 15.5. The Morgan fingerprint density at radius 3 is 3.13 bits per heavy atom. The number of aromatic nitrogens is 3. The zero-order valence-electron chi connectivity index (χ0n) is 8.60. The van der Waals surface area contributed by atoms with Gasteiger partial charge >= 0.3 is 5.97 Å². The molecule has 5 nitrogen and oxygen atoms in total. The lowest BCUT2D eigenvalue weighted by Crippen LogP contribution is -2.06. The highest BCUT2D eigenvalue weighted by atomic mass is 16.5. The number of esters is 1. The third-order valence-corrected chi connectivity index (χ3v) is 1.95. The maximum absolute atomic E-state index is 11.4. The normalized spacial score (nSPS) is 10.5. The number of rotatable bonds is 2. The van der Waals surface area contributed by atoms with E-state index in [4.69, 9.17) is 4.74 Å². The van der Waals surface area contributed by atoms with Crippen LogP contribution in [0.4, 0.5) is 0 Å². The number of hydrogen-bond acceptors (Lipinski definition) is 4. The summed E-state index contributed by atoms with van der Waals surface area (Å²) in [5.41, 5.74) is 2.00. The first-order valence-corrected chi connectivity index (χ1v) is 4.70. The Kier molecular flexibility index (Phi) is 2.37. The standard InChI is InChI=1S/C10H11N3O2/c1-3-15-10(14)8-5-11-9-4-7(2)12-13(9)6-8/h4-6H,3H2,1-2H3. The lowest BCUT2D eigenvalue weighted by molar-refractivity contribution is 0.0525. The minimum Gasteiger partial charge on any atom is -0.462 e. The molecule has 0 aliphatic rings. The number of ether oxygens (including phenoxy) is 1. The molecule has 0 saturated heterocycles. The van der Waals surface area contributed by atoms with Crippen LogP contribution in [-0.4, -0.2) is 27.2 Å². The Hall–Kier alpha value is -1.91. The average molecular weight is 205 g/mol. The van der Waals surface area contributed by atoms with Crippen LogP contribution < -0.4 is 0 Å². The molecule has 0 unspecified atom stereocenters. The molecule has 0 aliphatic heterocycles. The molecule has 0 radical (unpaired) electrons. The van der Waals surface area contributed by atoms with Crippen LogP contribution in [0.2, 0.25) is 0 Å². The van der Waals surface area contributed by atoms with Crippen molar-refractivity contribution in [3.05, 3.63) is 29.7 Å². The third-order valence-electron chi connectivity index (χ3n) is 1.95. The highest BCUT2D eigenvalue weighted by molar-refractivity contribution is 5.88. The molecule has 0 spiro atoms. The van der Waals surface area contributed by atoms with Crippen molar-refractivity contribution >= 4 is 11.6 Å². The molecule has 0 aliphatic carbocycles. The van der Waals surface area contributed by atoms with Crippen LogP contribution in [0, 0.1) is 6.92 Å². The van der Waals surface area contributed by atoms with Gasteiger partial charge < -0.3 is 4.74 Å². The number of fused-ring (bicyclic) bond motifs is 1. The Bertz CT molecular complexity index is 504. The molecule has 78 valence electrons. The number of carbonyl (C=O) groups is 1. The van der Waals surface area contributed by atoms with E-state index in [2.05, 4.69) is 10.1 Å². The molecule has 0 fully saturated rings. The topological polar surface area (TPSA) is 56.5 Å². The van der Waals surface area contributed by atoms with Gasteiger partial charge in [-0.15, -0.1) is 0 Å². The van der Waals surface area contributed by atoms with Gasteiger partial charge in [0.25, 0.3) is 0 Å². The highest BCUT2D eigenvalue weighted by Gasteiger charge is 2.08. The van der Waals surface area contributed by atoms with Crippen molar-refractivity contribution in [3.63, 3.8) is 0 Å². The minimum atomic E-state index is -0.375. The summed E-state index contributed by atoms with van der Waals surface area (Å²) >= 11 is 0. The maximum Gasteiger partial charge on any atom is 0.341 e. The Morgan fingerprint density at radius 1 is 1.60 bits per heavy atom. The highest BCUT2D eigenvalue weighted by Crippen LogP contribution is 2.05. The number of aryl methyl sites for hydroxylation is 1. The molecule has 2 rings (SSSR count). The predicted octanol–water partition coefficient (Wildman–Crippen LogP) is 1.21. The summed E-state index contributed by atoms with van der Waals surface area (Å²) in [7, 11) is 0. The largest absolute Gasteiger partial charge is 0.462 e. The van der Waals surface area contributed by atoms with Crippen molar-refractivity contribution in [3.8, 4) is 0 Å². The smallest absolute Gasteiger partial charge is 0.341 e. The molecule has 2 aromatic heterocycles. The molecule has 2 heterocycles. The summed E-state index contributed by atoms with van der Waals surface area (Å²) in [5.74, 6) is -0.375. The first-order chi connectivity index (χ1) is 7.20. The summed E-state index contributed by atoms with van der Waals surface area (Å²) in [6, 6.07) is 1.84. The van der Waals surface area contributed by atoms with Crippen LogP contribution in [0.3, 0.4) is 0 Å². The van der Waals surface area contributed by atoms with Gasteiger partial charge in [0.2, 0.25) is 0 Å². The summed E-state index contributed by atoms with van der Waals surface area (Å²) in [6.07, 6.45) is 3.11. The zero-order valence-corrected chi connectivity index (χ0v) is 8.60. The summed E-state index contributed by atoms with van der Waals surface area (Å²) < 4.78 is 6.43. The summed E-state index contributed by atoms with van der Waals surface area (Å²) in [6.45, 7) is 4.00. The van der Waals surface area contributed by atoms with E-state index in [1.54, 1.807) is 17.6 Å². The lowest BCUT2D eigenvalue weighted by atomic mass is 10.3. The second kappa shape index (κ2) is 3.68. The fourth-order valence-corrected chi connectivity index (χ4v) is 1.32. The lowest BCUT2D eigenvalue weighted by Gasteiger charge is -2.00. The Labute approximate surface area is 86.7 Å². The first kappa shape index (κ1) is 9.64. The second-order valence-electron chi connectivity index (χ2n) is 3.15. The van der Waals surface area contributed by atoms with E-state index in [-0.39, 0.29) is 5.97 Å². The van der Waals surface area contributed by atoms with Crippen LogP contribution in [-0.2, 0) is 4.74 Å². The van der Waals surface area contributed by atoms with Gasteiger partial charge in [-0.05, 0) is 13.8 Å². The van der Waals surface area contributed by atoms with E-state index in [9.17, 15) is 4.79 Å². The Morgan fingerprint density at radius 2 is 2.40 bits per heavy atom. The molecule has 2 aromatic rings. The molecule has 5 heteroatoms. The monoisotopic (exact) mass is 205 g/mol. The third kappa shape index (κ3) is 1.81. The van der Waals surface area contributed by atoms with Gasteiger partial charge in [-0.1, -0.05) is 0 Å². The van der Waals surface area contributed by atoms with Crippen molar-refractivity contribution in [1.82, 2.24) is 14.6 Å². The summed E-state index contributed by atoms with van der Waals surface area (Å²) in [5, 5.41) is 4.16. The van der Waals surface area contributed by atoms with Gasteiger partial charge in [0.05, 0.1) is 17.9 Å². The fraction of sp³-hybridized carbons (Fsp3) is 0.300. The van der Waals surface area contributed by atoms with E-state index < -0.39 is 0 Å². The van der Waals surface area contributed by atoms with Crippen molar-refractivity contribution in [2.75, 3.05) is 6.61 Å². The molecule has 0 atom stereocenters. The molecule has 15 heavy (non-hydrogen) atoms. The molecule has 0 amide bonds. The van der Waals surface area contributed by atoms with Gasteiger partial charge in [0.15, 0.2) is 5.65 Å². The number of nitrogens with zero attached hydrogens (tertiary/aromatic N) is 3. The number of hydrogen-bond donors (Lipinski definition) is 0. The van der Waals surface area contributed by atoms with Gasteiger partial charge in [0.1, 0.15) is 0 Å². The molecular weight excluding hydrogens is 194 g/mol. The van der Waals surface area contributed by atoms with E-state index in [1.807, 2.05) is 13.0 Å². The molecule has 0 aromatic carbocycles. The second-order valence-corrected chi connectivity index (χ2v) is 3.15. The fourth-order valence-electron chi connectivity index (χ4n) is 1.32. The van der Waals surface area contributed by atoms with Crippen LogP contribution >= 0.6 is 0 Å². The predicted molar refractivity (Wildman–Crippen MR) is 53.7 cm³/mol. The van der Waals surface area contributed by atoms with Crippen molar-refractivity contribution in [2.45, 2.75) is 13.8 Å². The van der Waals surface area contributed by atoms with Crippen LogP contribution in [0.25, 0.3) is 5.65 Å². The molecule has 0 bridgehead atoms. The van der Waals surface area contributed by atoms with Gasteiger partial charge in [-0.25, -0.2) is 14.3 Å². The van der Waals surface area contributed by atoms with E-state index in [0.717, 1.165) is 11.3 Å². The first-order valence-electron chi connectivity index (χ1n) is 4.70. The zero-order chi connectivity index (χ0) is 10.8. The SMILES string of the molecule is CCOC(=O)c1cnc2cc(C)nn2c1. The number of carbonyl (C=O) groups excluding carboxylic acids is 1. The van der Waals surface area contributed by atoms with Gasteiger partial charge in [0, 0.05) is 18.5 Å². The molecular formula is C10H11N3O2. The van der Waals surface area contributed by atoms with Crippen molar-refractivity contribution in [2.24, 2.45) is 0 Å². The maximum atomic E-state index is 11.4. The minimum absolute atomic E-state index is 0.356. The molecule has 0 N–H and O–H groups in total. The van der Waals surface area contributed by atoms with Crippen LogP contribution in [0.1, 0.15) is 23.0 Å². The van der Waals surface area contributed by atoms with Crippen LogP contribution in [0.15, 0.2) is 18.5 Å². The molecule has 0 saturated carbocycles. The quantitative estimate of drug-likeness (QED) is 0.691. The Balaban J connectivity index is 2.41. The van der Waals surface area contributed by atoms with Gasteiger partial charge in [-0.2, -0.15) is 5.10 Å². The van der Waals surface area contributed by atoms with Crippen LogP contribution in [0.5, 0.6) is 0 Å². The van der Waals surface area contributed by atoms with E-state index in [1.165, 1.54) is 6.20 Å². The average Bonchev–Trinajstić information content (AvgIpc) is 2.57. The van der Waals surface area contributed by atoms with E-state index >= 15 is 0 Å².